The van der Waals surface area contributed by atoms with Crippen LogP contribution in [0.2, 0.25) is 0 Å². The fourth-order valence-electron chi connectivity index (χ4n) is 4.44. The molecule has 0 radical (unpaired) electrons. The Hall–Kier alpha value is -3.35. The third-order valence-electron chi connectivity index (χ3n) is 6.56. The SMILES string of the molecule is Cc1ccc(C)c(C(C(=O)NCc2ccccc2)N(C(=O)C(C)NC(=O)OC(C)(C)C)C(C)CCC(C)C)c1. The first-order valence-electron chi connectivity index (χ1n) is 13.9. The minimum atomic E-state index is -0.893. The van der Waals surface area contributed by atoms with Crippen LogP contribution in [-0.2, 0) is 20.9 Å². The summed E-state index contributed by atoms with van der Waals surface area (Å²) in [6.07, 6.45) is 0.940. The molecule has 0 aromatic heterocycles. The second-order valence-electron chi connectivity index (χ2n) is 11.9. The van der Waals surface area contributed by atoms with Crippen molar-refractivity contribution in [3.8, 4) is 0 Å². The Kier molecular flexibility index (Phi) is 11.6. The smallest absolute Gasteiger partial charge is 0.408 e. The molecule has 3 amide bonds. The third-order valence-corrected chi connectivity index (χ3v) is 6.56. The Morgan fingerprint density at radius 2 is 1.56 bits per heavy atom. The van der Waals surface area contributed by atoms with Gasteiger partial charge < -0.3 is 20.3 Å². The van der Waals surface area contributed by atoms with Crippen LogP contribution in [0.3, 0.4) is 0 Å². The van der Waals surface area contributed by atoms with Crippen molar-refractivity contribution in [2.24, 2.45) is 5.92 Å². The Bertz CT molecular complexity index is 1110. The normalized spacial score (nSPS) is 13.8. The van der Waals surface area contributed by atoms with Crippen LogP contribution in [-0.4, -0.2) is 40.5 Å². The van der Waals surface area contributed by atoms with E-state index < -0.39 is 23.8 Å². The average molecular weight is 538 g/mol. The topological polar surface area (TPSA) is 87.7 Å². The molecule has 0 aliphatic heterocycles. The zero-order valence-electron chi connectivity index (χ0n) is 25.1. The predicted octanol–water partition coefficient (Wildman–Crippen LogP) is 6.23. The van der Waals surface area contributed by atoms with E-state index in [0.717, 1.165) is 35.1 Å². The van der Waals surface area contributed by atoms with Gasteiger partial charge in [-0.1, -0.05) is 67.9 Å². The molecule has 0 spiro atoms. The Morgan fingerprint density at radius 1 is 0.923 bits per heavy atom. The van der Waals surface area contributed by atoms with Crippen molar-refractivity contribution in [3.05, 3.63) is 70.8 Å². The fraction of sp³-hybridized carbons (Fsp3) is 0.531. The van der Waals surface area contributed by atoms with Crippen LogP contribution >= 0.6 is 0 Å². The van der Waals surface area contributed by atoms with Gasteiger partial charge in [-0.05, 0) is 83.9 Å². The monoisotopic (exact) mass is 537 g/mol. The van der Waals surface area contributed by atoms with Crippen LogP contribution in [0.25, 0.3) is 0 Å². The zero-order chi connectivity index (χ0) is 29.3. The Morgan fingerprint density at radius 3 is 2.15 bits per heavy atom. The number of nitrogens with one attached hydrogen (secondary N) is 2. The summed E-state index contributed by atoms with van der Waals surface area (Å²) in [6, 6.07) is 13.6. The quantitative estimate of drug-likeness (QED) is 0.356. The van der Waals surface area contributed by atoms with Crippen LogP contribution in [0, 0.1) is 19.8 Å². The van der Waals surface area contributed by atoms with E-state index in [1.54, 1.807) is 32.6 Å². The maximum atomic E-state index is 14.1. The predicted molar refractivity (Wildman–Crippen MR) is 156 cm³/mol. The lowest BCUT2D eigenvalue weighted by Gasteiger charge is -2.39. The van der Waals surface area contributed by atoms with Crippen LogP contribution in [0.15, 0.2) is 48.5 Å². The number of hydrogen-bond donors (Lipinski definition) is 2. The van der Waals surface area contributed by atoms with E-state index in [2.05, 4.69) is 24.5 Å². The number of aryl methyl sites for hydroxylation is 2. The van der Waals surface area contributed by atoms with Gasteiger partial charge in [-0.25, -0.2) is 4.79 Å². The molecule has 2 N–H and O–H groups in total. The maximum Gasteiger partial charge on any atom is 0.408 e. The molecule has 0 saturated heterocycles. The molecule has 0 fully saturated rings. The minimum absolute atomic E-state index is 0.254. The van der Waals surface area contributed by atoms with Gasteiger partial charge in [-0.15, -0.1) is 0 Å². The highest BCUT2D eigenvalue weighted by Crippen LogP contribution is 2.30. The largest absolute Gasteiger partial charge is 0.444 e. The number of carbonyl (C=O) groups excluding carboxylic acids is 3. The second kappa shape index (κ2) is 14.2. The van der Waals surface area contributed by atoms with E-state index in [0.29, 0.717) is 12.5 Å². The molecule has 7 nitrogen and oxygen atoms in total. The lowest BCUT2D eigenvalue weighted by molar-refractivity contribution is -0.145. The van der Waals surface area contributed by atoms with Crippen LogP contribution in [0.5, 0.6) is 0 Å². The summed E-state index contributed by atoms with van der Waals surface area (Å²) in [4.78, 5) is 42.3. The molecule has 2 aromatic rings. The van der Waals surface area contributed by atoms with Crippen molar-refractivity contribution < 1.29 is 19.1 Å². The summed E-state index contributed by atoms with van der Waals surface area (Å²) in [7, 11) is 0. The van der Waals surface area contributed by atoms with Crippen molar-refractivity contribution >= 4 is 17.9 Å². The highest BCUT2D eigenvalue weighted by molar-refractivity contribution is 5.92. The van der Waals surface area contributed by atoms with Gasteiger partial charge >= 0.3 is 6.09 Å². The highest BCUT2D eigenvalue weighted by atomic mass is 16.6. The number of ether oxygens (including phenoxy) is 1. The molecule has 2 rings (SSSR count). The number of carbonyl (C=O) groups is 3. The first kappa shape index (κ1) is 31.9. The van der Waals surface area contributed by atoms with Gasteiger partial charge in [0.25, 0.3) is 0 Å². The van der Waals surface area contributed by atoms with E-state index in [-0.39, 0.29) is 17.9 Å². The van der Waals surface area contributed by atoms with E-state index in [1.165, 1.54) is 0 Å². The van der Waals surface area contributed by atoms with Crippen molar-refractivity contribution in [1.82, 2.24) is 15.5 Å². The third kappa shape index (κ3) is 10.0. The van der Waals surface area contributed by atoms with E-state index >= 15 is 0 Å². The van der Waals surface area contributed by atoms with Gasteiger partial charge in [0.1, 0.15) is 17.7 Å². The zero-order valence-corrected chi connectivity index (χ0v) is 25.1. The van der Waals surface area contributed by atoms with Gasteiger partial charge in [-0.3, -0.25) is 9.59 Å². The van der Waals surface area contributed by atoms with Crippen LogP contribution in [0.1, 0.15) is 89.6 Å². The summed E-state index contributed by atoms with van der Waals surface area (Å²) >= 11 is 0. The molecular weight excluding hydrogens is 490 g/mol. The summed E-state index contributed by atoms with van der Waals surface area (Å²) in [5.74, 6) is -0.160. The first-order valence-corrected chi connectivity index (χ1v) is 13.9. The van der Waals surface area contributed by atoms with E-state index in [1.807, 2.05) is 69.3 Å². The molecular formula is C32H47N3O4. The van der Waals surface area contributed by atoms with Crippen molar-refractivity contribution in [3.63, 3.8) is 0 Å². The number of nitrogens with zero attached hydrogens (tertiary/aromatic N) is 1. The summed E-state index contributed by atoms with van der Waals surface area (Å²) in [5, 5.41) is 5.75. The van der Waals surface area contributed by atoms with Gasteiger partial charge in [0.15, 0.2) is 0 Å². The second-order valence-corrected chi connectivity index (χ2v) is 11.9. The number of hydrogen-bond acceptors (Lipinski definition) is 4. The van der Waals surface area contributed by atoms with Crippen LogP contribution in [0.4, 0.5) is 4.79 Å². The van der Waals surface area contributed by atoms with E-state index in [9.17, 15) is 14.4 Å². The van der Waals surface area contributed by atoms with Gasteiger partial charge in [0.2, 0.25) is 11.8 Å². The lowest BCUT2D eigenvalue weighted by Crippen LogP contribution is -2.54. The van der Waals surface area contributed by atoms with Crippen molar-refractivity contribution in [1.29, 1.82) is 0 Å². The van der Waals surface area contributed by atoms with Crippen molar-refractivity contribution in [2.75, 3.05) is 0 Å². The molecule has 0 heterocycles. The summed E-state index contributed by atoms with van der Waals surface area (Å²) in [5.41, 5.74) is 2.96. The Balaban J connectivity index is 2.51. The highest BCUT2D eigenvalue weighted by Gasteiger charge is 2.38. The lowest BCUT2D eigenvalue weighted by atomic mass is 9.93. The molecule has 214 valence electrons. The molecule has 0 bridgehead atoms. The van der Waals surface area contributed by atoms with Crippen molar-refractivity contribution in [2.45, 2.75) is 105 Å². The first-order chi connectivity index (χ1) is 18.2. The van der Waals surface area contributed by atoms with Crippen LogP contribution < -0.4 is 10.6 Å². The maximum absolute atomic E-state index is 14.1. The molecule has 0 aliphatic carbocycles. The Labute approximate surface area is 234 Å². The minimum Gasteiger partial charge on any atom is -0.444 e. The number of amides is 3. The summed E-state index contributed by atoms with van der Waals surface area (Å²) in [6.45, 7) is 17.5. The molecule has 7 heteroatoms. The molecule has 0 aliphatic rings. The number of rotatable bonds is 11. The fourth-order valence-corrected chi connectivity index (χ4v) is 4.44. The molecule has 0 saturated carbocycles. The standard InChI is InChI=1S/C32H47N3O4/c1-21(2)15-18-24(5)35(30(37)25(6)34-31(38)39-32(7,8)9)28(27-19-22(3)16-17-23(27)4)29(36)33-20-26-13-11-10-12-14-26/h10-14,16-17,19,21,24-25,28H,15,18,20H2,1-9H3,(H,33,36)(H,34,38). The number of benzene rings is 2. The molecule has 3 unspecified atom stereocenters. The average Bonchev–Trinajstić information content (AvgIpc) is 2.85. The van der Waals surface area contributed by atoms with E-state index in [4.69, 9.17) is 4.74 Å². The van der Waals surface area contributed by atoms with Gasteiger partial charge in [0.05, 0.1) is 0 Å². The van der Waals surface area contributed by atoms with Gasteiger partial charge in [-0.2, -0.15) is 0 Å². The molecule has 3 atom stereocenters. The van der Waals surface area contributed by atoms with Gasteiger partial charge in [0, 0.05) is 12.6 Å². The molecule has 2 aromatic carbocycles. The summed E-state index contributed by atoms with van der Waals surface area (Å²) < 4.78 is 5.39. The molecule has 39 heavy (non-hydrogen) atoms. The number of alkyl carbamates (subject to hydrolysis) is 1.